The van der Waals surface area contributed by atoms with Crippen LogP contribution in [0.4, 0.5) is 11.6 Å². The van der Waals surface area contributed by atoms with Crippen molar-refractivity contribution >= 4 is 17.5 Å². The first-order chi connectivity index (χ1) is 14.2. The molecule has 2 heterocycles. The fourth-order valence-electron chi connectivity index (χ4n) is 3.53. The molecule has 6 heteroatoms. The fourth-order valence-corrected chi connectivity index (χ4v) is 3.53. The molecule has 1 fully saturated rings. The number of carbonyl (C=O) groups excluding carboxylic acids is 1. The molecule has 29 heavy (non-hydrogen) atoms. The number of nitrogens with one attached hydrogen (secondary N) is 1. The second-order valence-corrected chi connectivity index (χ2v) is 7.22. The topological polar surface area (TPSA) is 61.4 Å². The van der Waals surface area contributed by atoms with Crippen LogP contribution in [0.2, 0.25) is 0 Å². The first-order valence-electron chi connectivity index (χ1n) is 9.91. The number of benzene rings is 2. The Morgan fingerprint density at radius 3 is 2.48 bits per heavy atom. The van der Waals surface area contributed by atoms with E-state index < -0.39 is 0 Å². The van der Waals surface area contributed by atoms with Gasteiger partial charge in [0.05, 0.1) is 0 Å². The average molecular weight is 387 g/mol. The summed E-state index contributed by atoms with van der Waals surface area (Å²) in [7, 11) is 0. The molecule has 6 nitrogen and oxygen atoms in total. The van der Waals surface area contributed by atoms with E-state index >= 15 is 0 Å². The maximum Gasteiger partial charge on any atom is 0.270 e. The van der Waals surface area contributed by atoms with E-state index in [2.05, 4.69) is 55.4 Å². The molecule has 0 atom stereocenters. The van der Waals surface area contributed by atoms with Gasteiger partial charge >= 0.3 is 0 Å². The third-order valence-electron chi connectivity index (χ3n) is 5.09. The van der Waals surface area contributed by atoms with Crippen LogP contribution in [-0.4, -0.2) is 42.1 Å². The molecule has 1 saturated heterocycles. The van der Waals surface area contributed by atoms with Crippen LogP contribution < -0.4 is 15.1 Å². The Kier molecular flexibility index (Phi) is 5.70. The fraction of sp³-hybridized carbons (Fsp3) is 0.261. The summed E-state index contributed by atoms with van der Waals surface area (Å²) in [6.45, 7) is 5.97. The van der Waals surface area contributed by atoms with Gasteiger partial charge in [0, 0.05) is 44.6 Å². The van der Waals surface area contributed by atoms with Crippen LogP contribution in [0.5, 0.6) is 0 Å². The standard InChI is InChI=1S/C23H25N5O/c1-18-6-5-7-19(16-18)17-25-22(29)21-10-11-24-23(26-21)28-14-12-27(13-15-28)20-8-3-2-4-9-20/h2-11,16H,12-15,17H2,1H3,(H,25,29). The summed E-state index contributed by atoms with van der Waals surface area (Å²) >= 11 is 0. The summed E-state index contributed by atoms with van der Waals surface area (Å²) in [5.41, 5.74) is 3.88. The highest BCUT2D eigenvalue weighted by atomic mass is 16.1. The number of hydrogen-bond donors (Lipinski definition) is 1. The molecule has 0 bridgehead atoms. The van der Waals surface area contributed by atoms with E-state index in [1.165, 1.54) is 11.3 Å². The van der Waals surface area contributed by atoms with Crippen molar-refractivity contribution in [3.63, 3.8) is 0 Å². The largest absolute Gasteiger partial charge is 0.368 e. The molecule has 1 aliphatic heterocycles. The minimum absolute atomic E-state index is 0.182. The molecular weight excluding hydrogens is 362 g/mol. The van der Waals surface area contributed by atoms with Gasteiger partial charge in [-0.1, -0.05) is 48.0 Å². The van der Waals surface area contributed by atoms with E-state index in [9.17, 15) is 4.79 Å². The SMILES string of the molecule is Cc1cccc(CNC(=O)c2ccnc(N3CCN(c4ccccc4)CC3)n2)c1. The first kappa shape index (κ1) is 18.9. The minimum Gasteiger partial charge on any atom is -0.368 e. The smallest absolute Gasteiger partial charge is 0.270 e. The number of aromatic nitrogens is 2. The molecule has 0 unspecified atom stereocenters. The van der Waals surface area contributed by atoms with Crippen molar-refractivity contribution in [2.75, 3.05) is 36.0 Å². The first-order valence-corrected chi connectivity index (χ1v) is 9.91. The quantitative estimate of drug-likeness (QED) is 0.729. The molecule has 4 rings (SSSR count). The van der Waals surface area contributed by atoms with Gasteiger partial charge in [0.2, 0.25) is 5.95 Å². The van der Waals surface area contributed by atoms with Crippen LogP contribution in [0, 0.1) is 6.92 Å². The molecule has 3 aromatic rings. The highest BCUT2D eigenvalue weighted by molar-refractivity contribution is 5.92. The van der Waals surface area contributed by atoms with Crippen LogP contribution in [0.3, 0.4) is 0 Å². The molecule has 0 aliphatic carbocycles. The van der Waals surface area contributed by atoms with E-state index in [4.69, 9.17) is 0 Å². The van der Waals surface area contributed by atoms with Crippen molar-refractivity contribution in [2.24, 2.45) is 0 Å². The molecule has 1 amide bonds. The number of rotatable bonds is 5. The molecule has 148 valence electrons. The van der Waals surface area contributed by atoms with Gasteiger partial charge in [-0.05, 0) is 30.7 Å². The summed E-state index contributed by atoms with van der Waals surface area (Å²) < 4.78 is 0. The summed E-state index contributed by atoms with van der Waals surface area (Å²) in [6, 6.07) is 20.2. The zero-order valence-corrected chi connectivity index (χ0v) is 16.6. The van der Waals surface area contributed by atoms with E-state index in [-0.39, 0.29) is 5.91 Å². The maximum atomic E-state index is 12.5. The van der Waals surface area contributed by atoms with Gasteiger partial charge in [0.25, 0.3) is 5.91 Å². The Hall–Kier alpha value is -3.41. The van der Waals surface area contributed by atoms with Gasteiger partial charge in [-0.25, -0.2) is 9.97 Å². The van der Waals surface area contributed by atoms with Gasteiger partial charge in [0.1, 0.15) is 5.69 Å². The second kappa shape index (κ2) is 8.73. The number of aryl methyl sites for hydroxylation is 1. The van der Waals surface area contributed by atoms with Gasteiger partial charge in [-0.15, -0.1) is 0 Å². The normalized spacial score (nSPS) is 14.0. The van der Waals surface area contributed by atoms with Crippen LogP contribution in [0.25, 0.3) is 0 Å². The van der Waals surface area contributed by atoms with E-state index in [1.807, 2.05) is 31.2 Å². The third kappa shape index (κ3) is 4.71. The Bertz CT molecular complexity index is 968. The second-order valence-electron chi connectivity index (χ2n) is 7.22. The van der Waals surface area contributed by atoms with Gasteiger partial charge in [-0.3, -0.25) is 4.79 Å². The van der Waals surface area contributed by atoms with E-state index in [1.54, 1.807) is 12.3 Å². The van der Waals surface area contributed by atoms with Crippen LogP contribution in [0.15, 0.2) is 66.9 Å². The number of piperazine rings is 1. The Labute approximate surface area is 171 Å². The zero-order valence-electron chi connectivity index (χ0n) is 16.6. The maximum absolute atomic E-state index is 12.5. The lowest BCUT2D eigenvalue weighted by molar-refractivity contribution is 0.0946. The number of para-hydroxylation sites is 1. The van der Waals surface area contributed by atoms with Crippen LogP contribution >= 0.6 is 0 Å². The third-order valence-corrected chi connectivity index (χ3v) is 5.09. The lowest BCUT2D eigenvalue weighted by Crippen LogP contribution is -2.47. The average Bonchev–Trinajstić information content (AvgIpc) is 2.78. The highest BCUT2D eigenvalue weighted by Gasteiger charge is 2.20. The zero-order chi connectivity index (χ0) is 20.1. The van der Waals surface area contributed by atoms with Crippen LogP contribution in [-0.2, 0) is 6.54 Å². The number of nitrogens with zero attached hydrogens (tertiary/aromatic N) is 4. The molecule has 1 N–H and O–H groups in total. The molecule has 0 spiro atoms. The Balaban J connectivity index is 1.37. The van der Waals surface area contributed by atoms with Gasteiger partial charge < -0.3 is 15.1 Å². The van der Waals surface area contributed by atoms with Crippen molar-refractivity contribution in [3.05, 3.63) is 83.7 Å². The molecule has 1 aliphatic rings. The van der Waals surface area contributed by atoms with Crippen LogP contribution in [0.1, 0.15) is 21.6 Å². The minimum atomic E-state index is -0.182. The highest BCUT2D eigenvalue weighted by Crippen LogP contribution is 2.18. The van der Waals surface area contributed by atoms with Crippen molar-refractivity contribution in [2.45, 2.75) is 13.5 Å². The molecule has 1 aromatic heterocycles. The lowest BCUT2D eigenvalue weighted by atomic mass is 10.1. The van der Waals surface area contributed by atoms with E-state index in [0.717, 1.165) is 31.7 Å². The van der Waals surface area contributed by atoms with Crippen molar-refractivity contribution < 1.29 is 4.79 Å². The molecule has 0 saturated carbocycles. The van der Waals surface area contributed by atoms with E-state index in [0.29, 0.717) is 18.2 Å². The van der Waals surface area contributed by atoms with Gasteiger partial charge in [-0.2, -0.15) is 0 Å². The predicted molar refractivity (Wildman–Crippen MR) is 115 cm³/mol. The summed E-state index contributed by atoms with van der Waals surface area (Å²) in [4.78, 5) is 25.9. The molecule has 0 radical (unpaired) electrons. The monoisotopic (exact) mass is 387 g/mol. The number of anilines is 2. The number of carbonyl (C=O) groups is 1. The van der Waals surface area contributed by atoms with Crippen molar-refractivity contribution in [1.29, 1.82) is 0 Å². The van der Waals surface area contributed by atoms with Crippen molar-refractivity contribution in [3.8, 4) is 0 Å². The molecular formula is C23H25N5O. The lowest BCUT2D eigenvalue weighted by Gasteiger charge is -2.36. The number of hydrogen-bond acceptors (Lipinski definition) is 5. The van der Waals surface area contributed by atoms with Crippen molar-refractivity contribution in [1.82, 2.24) is 15.3 Å². The Morgan fingerprint density at radius 1 is 0.966 bits per heavy atom. The Morgan fingerprint density at radius 2 is 1.72 bits per heavy atom. The number of amides is 1. The summed E-state index contributed by atoms with van der Waals surface area (Å²) in [5.74, 6) is 0.430. The van der Waals surface area contributed by atoms with Gasteiger partial charge in [0.15, 0.2) is 0 Å². The summed E-state index contributed by atoms with van der Waals surface area (Å²) in [5, 5.41) is 2.95. The predicted octanol–water partition coefficient (Wildman–Crippen LogP) is 3.04. The summed E-state index contributed by atoms with van der Waals surface area (Å²) in [6.07, 6.45) is 1.66. The molecule has 2 aromatic carbocycles.